The number of aryl methyl sites for hydroxylation is 1. The van der Waals surface area contributed by atoms with Gasteiger partial charge in [-0.3, -0.25) is 0 Å². The van der Waals surface area contributed by atoms with Gasteiger partial charge in [-0.05, 0) is 24.6 Å². The average molecular weight is 185 g/mol. The molecule has 0 aliphatic carbocycles. The van der Waals surface area contributed by atoms with E-state index in [1.165, 1.54) is 16.6 Å². The van der Waals surface area contributed by atoms with Gasteiger partial charge in [-0.2, -0.15) is 0 Å². The van der Waals surface area contributed by atoms with Crippen LogP contribution in [0.15, 0.2) is 36.9 Å². The summed E-state index contributed by atoms with van der Waals surface area (Å²) in [6.07, 6.45) is 3.08. The summed E-state index contributed by atoms with van der Waals surface area (Å²) in [7, 11) is 0. The van der Waals surface area contributed by atoms with E-state index in [4.69, 9.17) is 0 Å². The van der Waals surface area contributed by atoms with Gasteiger partial charge in [-0.15, -0.1) is 0 Å². The molecule has 0 N–H and O–H groups in total. The number of hydrogen-bond acceptors (Lipinski definition) is 0. The van der Waals surface area contributed by atoms with Crippen LogP contribution < -0.4 is 0 Å². The maximum atomic E-state index is 3.85. The Bertz CT molecular complexity index is 451. The monoisotopic (exact) mass is 185 g/mol. The van der Waals surface area contributed by atoms with Crippen LogP contribution in [0.3, 0.4) is 0 Å². The van der Waals surface area contributed by atoms with Gasteiger partial charge in [0.2, 0.25) is 0 Å². The highest BCUT2D eigenvalue weighted by Gasteiger charge is 2.03. The molecule has 0 atom stereocenters. The number of aromatic nitrogens is 1. The summed E-state index contributed by atoms with van der Waals surface area (Å²) in [5.74, 6) is 0. The number of para-hydroxylation sites is 1. The third-order valence-corrected chi connectivity index (χ3v) is 2.50. The molecule has 0 amide bonds. The molecular weight excluding hydrogens is 170 g/mol. The van der Waals surface area contributed by atoms with E-state index in [1.807, 2.05) is 6.08 Å². The second-order valence-corrected chi connectivity index (χ2v) is 3.48. The molecule has 14 heavy (non-hydrogen) atoms. The molecule has 0 bridgehead atoms. The fourth-order valence-corrected chi connectivity index (χ4v) is 1.87. The molecule has 0 saturated heterocycles. The van der Waals surface area contributed by atoms with Gasteiger partial charge in [-0.25, -0.2) is 0 Å². The quantitative estimate of drug-likeness (QED) is 0.687. The van der Waals surface area contributed by atoms with Crippen LogP contribution in [0.25, 0.3) is 17.0 Å². The first kappa shape index (κ1) is 9.07. The minimum Gasteiger partial charge on any atom is -0.341 e. The lowest BCUT2D eigenvalue weighted by molar-refractivity contribution is 0.698. The van der Waals surface area contributed by atoms with Gasteiger partial charge in [0, 0.05) is 23.1 Å². The smallest absolute Gasteiger partial charge is 0.0485 e. The molecule has 1 aromatic heterocycles. The van der Waals surface area contributed by atoms with Crippen molar-refractivity contribution in [2.75, 3.05) is 0 Å². The second kappa shape index (κ2) is 3.70. The normalized spacial score (nSPS) is 10.6. The summed E-state index contributed by atoms with van der Waals surface area (Å²) < 4.78 is 2.32. The highest BCUT2D eigenvalue weighted by Crippen LogP contribution is 2.20. The second-order valence-electron chi connectivity index (χ2n) is 3.48. The Hall–Kier alpha value is -1.50. The average Bonchev–Trinajstić information content (AvgIpc) is 2.58. The standard InChI is InChI=1S/C13H15N/c1-3-9-14-12(4-2)10-11-7-5-6-8-13(11)14/h4-8,10H,2-3,9H2,1H3. The first-order valence-electron chi connectivity index (χ1n) is 5.07. The van der Waals surface area contributed by atoms with Crippen molar-refractivity contribution >= 4 is 17.0 Å². The van der Waals surface area contributed by atoms with Gasteiger partial charge in [0.25, 0.3) is 0 Å². The number of hydrogen-bond donors (Lipinski definition) is 0. The van der Waals surface area contributed by atoms with Crippen molar-refractivity contribution in [3.8, 4) is 0 Å². The molecule has 0 unspecified atom stereocenters. The largest absolute Gasteiger partial charge is 0.341 e. The van der Waals surface area contributed by atoms with E-state index in [0.29, 0.717) is 0 Å². The van der Waals surface area contributed by atoms with E-state index in [2.05, 4.69) is 48.4 Å². The topological polar surface area (TPSA) is 4.93 Å². The zero-order chi connectivity index (χ0) is 9.97. The Kier molecular flexibility index (Phi) is 2.40. The van der Waals surface area contributed by atoms with Crippen molar-refractivity contribution in [1.82, 2.24) is 4.57 Å². The van der Waals surface area contributed by atoms with E-state index in [1.54, 1.807) is 0 Å². The van der Waals surface area contributed by atoms with Crippen LogP contribution in [0.5, 0.6) is 0 Å². The van der Waals surface area contributed by atoms with Crippen LogP contribution in [-0.4, -0.2) is 4.57 Å². The highest BCUT2D eigenvalue weighted by molar-refractivity contribution is 5.83. The van der Waals surface area contributed by atoms with Crippen LogP contribution in [0.1, 0.15) is 19.0 Å². The van der Waals surface area contributed by atoms with Gasteiger partial charge in [-0.1, -0.05) is 31.7 Å². The van der Waals surface area contributed by atoms with Gasteiger partial charge >= 0.3 is 0 Å². The van der Waals surface area contributed by atoms with E-state index in [9.17, 15) is 0 Å². The van der Waals surface area contributed by atoms with E-state index in [0.717, 1.165) is 13.0 Å². The molecule has 0 aliphatic rings. The number of rotatable bonds is 3. The van der Waals surface area contributed by atoms with Crippen molar-refractivity contribution in [2.24, 2.45) is 0 Å². The molecule has 0 aliphatic heterocycles. The molecule has 0 saturated carbocycles. The third-order valence-electron chi connectivity index (χ3n) is 2.50. The molecule has 1 heteroatoms. The predicted octanol–water partition coefficient (Wildman–Crippen LogP) is 3.69. The summed E-state index contributed by atoms with van der Waals surface area (Å²) in [4.78, 5) is 0. The van der Waals surface area contributed by atoms with E-state index < -0.39 is 0 Å². The fraction of sp³-hybridized carbons (Fsp3) is 0.231. The summed E-state index contributed by atoms with van der Waals surface area (Å²) in [5.41, 5.74) is 2.53. The van der Waals surface area contributed by atoms with Crippen molar-refractivity contribution in [3.05, 3.63) is 42.6 Å². The molecule has 2 rings (SSSR count). The zero-order valence-corrected chi connectivity index (χ0v) is 8.53. The number of benzene rings is 1. The lowest BCUT2D eigenvalue weighted by atomic mass is 10.2. The lowest BCUT2D eigenvalue weighted by Crippen LogP contribution is -1.97. The maximum absolute atomic E-state index is 3.85. The Balaban J connectivity index is 2.67. The first-order chi connectivity index (χ1) is 6.86. The van der Waals surface area contributed by atoms with Crippen LogP contribution in [-0.2, 0) is 6.54 Å². The maximum Gasteiger partial charge on any atom is 0.0485 e. The van der Waals surface area contributed by atoms with Gasteiger partial charge < -0.3 is 4.57 Å². The number of nitrogens with zero attached hydrogens (tertiary/aromatic N) is 1. The lowest BCUT2D eigenvalue weighted by Gasteiger charge is -2.05. The van der Waals surface area contributed by atoms with Crippen LogP contribution in [0, 0.1) is 0 Å². The predicted molar refractivity (Wildman–Crippen MR) is 62.3 cm³/mol. The third kappa shape index (κ3) is 1.35. The van der Waals surface area contributed by atoms with Crippen LogP contribution >= 0.6 is 0 Å². The molecule has 1 heterocycles. The van der Waals surface area contributed by atoms with Gasteiger partial charge in [0.1, 0.15) is 0 Å². The molecule has 72 valence electrons. The summed E-state index contributed by atoms with van der Waals surface area (Å²) in [5, 5.41) is 1.30. The molecule has 1 nitrogen and oxygen atoms in total. The zero-order valence-electron chi connectivity index (χ0n) is 8.53. The molecule has 0 radical (unpaired) electrons. The van der Waals surface area contributed by atoms with E-state index in [-0.39, 0.29) is 0 Å². The minimum absolute atomic E-state index is 1.06. The highest BCUT2D eigenvalue weighted by atomic mass is 15.0. The molecule has 0 fully saturated rings. The summed E-state index contributed by atoms with van der Waals surface area (Å²) in [6.45, 7) is 7.11. The van der Waals surface area contributed by atoms with Crippen molar-refractivity contribution in [3.63, 3.8) is 0 Å². The summed E-state index contributed by atoms with van der Waals surface area (Å²) in [6, 6.07) is 10.7. The molecule has 0 spiro atoms. The fourth-order valence-electron chi connectivity index (χ4n) is 1.87. The Morgan fingerprint density at radius 3 is 2.86 bits per heavy atom. The molecule has 1 aromatic carbocycles. The molecular formula is C13H15N. The Labute approximate surface area is 84.7 Å². The molecule has 2 aromatic rings. The van der Waals surface area contributed by atoms with Crippen molar-refractivity contribution < 1.29 is 0 Å². The van der Waals surface area contributed by atoms with Gasteiger partial charge in [0.05, 0.1) is 0 Å². The van der Waals surface area contributed by atoms with Crippen LogP contribution in [0.4, 0.5) is 0 Å². The minimum atomic E-state index is 1.06. The van der Waals surface area contributed by atoms with Crippen molar-refractivity contribution in [2.45, 2.75) is 19.9 Å². The Morgan fingerprint density at radius 1 is 1.36 bits per heavy atom. The Morgan fingerprint density at radius 2 is 2.14 bits per heavy atom. The van der Waals surface area contributed by atoms with E-state index >= 15 is 0 Å². The SMILES string of the molecule is C=Cc1cc2ccccc2n1CCC. The van der Waals surface area contributed by atoms with Gasteiger partial charge in [0.15, 0.2) is 0 Å². The number of fused-ring (bicyclic) bond motifs is 1. The van der Waals surface area contributed by atoms with Crippen LogP contribution in [0.2, 0.25) is 0 Å². The van der Waals surface area contributed by atoms with Crippen molar-refractivity contribution in [1.29, 1.82) is 0 Å². The summed E-state index contributed by atoms with van der Waals surface area (Å²) >= 11 is 0. The first-order valence-corrected chi connectivity index (χ1v) is 5.07.